The number of amides is 1. The highest BCUT2D eigenvalue weighted by molar-refractivity contribution is 5.76. The maximum Gasteiger partial charge on any atom is 0.222 e. The standard InChI is InChI=1S/C20H30N2O2/c1-21(20(23)12-11-19-10-6-14-24-19)18-9-5-13-22(16-18)15-17-7-3-2-4-8-17/h2-4,7-8,18-19H,5-6,9-16H2,1H3. The van der Waals surface area contributed by atoms with Gasteiger partial charge in [0.1, 0.15) is 0 Å². The monoisotopic (exact) mass is 330 g/mol. The highest BCUT2D eigenvalue weighted by Gasteiger charge is 2.26. The van der Waals surface area contributed by atoms with Gasteiger partial charge in [0.2, 0.25) is 5.91 Å². The summed E-state index contributed by atoms with van der Waals surface area (Å²) in [5.41, 5.74) is 1.35. The van der Waals surface area contributed by atoms with Crippen LogP contribution in [0.1, 0.15) is 44.1 Å². The van der Waals surface area contributed by atoms with Crippen LogP contribution in [0, 0.1) is 0 Å². The number of likely N-dealkylation sites (tertiary alicyclic amines) is 1. The predicted octanol–water partition coefficient (Wildman–Crippen LogP) is 3.07. The molecule has 2 saturated heterocycles. The first kappa shape index (κ1) is 17.4. The van der Waals surface area contributed by atoms with E-state index in [0.29, 0.717) is 18.6 Å². The van der Waals surface area contributed by atoms with Gasteiger partial charge in [-0.25, -0.2) is 0 Å². The number of nitrogens with zero attached hydrogens (tertiary/aromatic N) is 2. The minimum atomic E-state index is 0.275. The zero-order valence-corrected chi connectivity index (χ0v) is 14.8. The number of benzene rings is 1. The molecule has 0 N–H and O–H groups in total. The van der Waals surface area contributed by atoms with E-state index in [4.69, 9.17) is 4.74 Å². The molecule has 132 valence electrons. The van der Waals surface area contributed by atoms with Crippen molar-refractivity contribution in [3.8, 4) is 0 Å². The molecule has 2 aliphatic rings. The predicted molar refractivity (Wildman–Crippen MR) is 95.7 cm³/mol. The molecule has 2 fully saturated rings. The van der Waals surface area contributed by atoms with E-state index in [1.54, 1.807) is 0 Å². The number of piperidine rings is 1. The molecule has 0 bridgehead atoms. The molecule has 1 amide bonds. The van der Waals surface area contributed by atoms with Crippen LogP contribution in [0.5, 0.6) is 0 Å². The number of carbonyl (C=O) groups excluding carboxylic acids is 1. The average Bonchev–Trinajstić information content (AvgIpc) is 3.14. The van der Waals surface area contributed by atoms with Crippen LogP contribution in [0.2, 0.25) is 0 Å². The van der Waals surface area contributed by atoms with Crippen molar-refractivity contribution in [2.45, 2.75) is 57.2 Å². The Balaban J connectivity index is 1.46. The van der Waals surface area contributed by atoms with E-state index < -0.39 is 0 Å². The third kappa shape index (κ3) is 4.81. The molecule has 0 aromatic heterocycles. The summed E-state index contributed by atoms with van der Waals surface area (Å²) in [6.45, 7) is 3.96. The molecule has 0 saturated carbocycles. The molecule has 2 unspecified atom stereocenters. The molecule has 0 aliphatic carbocycles. The molecule has 24 heavy (non-hydrogen) atoms. The second-order valence-corrected chi connectivity index (χ2v) is 7.20. The molecule has 1 aromatic carbocycles. The zero-order valence-electron chi connectivity index (χ0n) is 14.8. The van der Waals surface area contributed by atoms with Crippen molar-refractivity contribution >= 4 is 5.91 Å². The van der Waals surface area contributed by atoms with Crippen molar-refractivity contribution in [2.75, 3.05) is 26.7 Å². The number of ether oxygens (including phenoxy) is 1. The minimum Gasteiger partial charge on any atom is -0.378 e. The largest absolute Gasteiger partial charge is 0.378 e. The Bertz CT molecular complexity index is 514. The van der Waals surface area contributed by atoms with E-state index in [0.717, 1.165) is 51.9 Å². The van der Waals surface area contributed by atoms with E-state index in [1.807, 2.05) is 11.9 Å². The van der Waals surface area contributed by atoms with Crippen molar-refractivity contribution < 1.29 is 9.53 Å². The maximum atomic E-state index is 12.5. The van der Waals surface area contributed by atoms with Gasteiger partial charge < -0.3 is 9.64 Å². The van der Waals surface area contributed by atoms with Crippen molar-refractivity contribution in [1.29, 1.82) is 0 Å². The molecule has 3 rings (SSSR count). The van der Waals surface area contributed by atoms with Gasteiger partial charge in [-0.3, -0.25) is 9.69 Å². The molecule has 4 nitrogen and oxygen atoms in total. The number of rotatable bonds is 6. The summed E-state index contributed by atoms with van der Waals surface area (Å²) in [4.78, 5) is 17.0. The van der Waals surface area contributed by atoms with Crippen LogP contribution in [-0.4, -0.2) is 54.6 Å². The van der Waals surface area contributed by atoms with E-state index in [-0.39, 0.29) is 5.91 Å². The Labute approximate surface area is 145 Å². The fraction of sp³-hybridized carbons (Fsp3) is 0.650. The van der Waals surface area contributed by atoms with Gasteiger partial charge in [0.05, 0.1) is 6.10 Å². The summed E-state index contributed by atoms with van der Waals surface area (Å²) in [7, 11) is 1.98. The Kier molecular flexibility index (Phi) is 6.27. The van der Waals surface area contributed by atoms with Gasteiger partial charge in [-0.2, -0.15) is 0 Å². The van der Waals surface area contributed by atoms with E-state index in [2.05, 4.69) is 35.2 Å². The third-order valence-electron chi connectivity index (χ3n) is 5.37. The lowest BCUT2D eigenvalue weighted by atomic mass is 10.0. The van der Waals surface area contributed by atoms with Gasteiger partial charge in [-0.15, -0.1) is 0 Å². The van der Waals surface area contributed by atoms with E-state index in [1.165, 1.54) is 12.0 Å². The van der Waals surface area contributed by atoms with Crippen LogP contribution in [0.25, 0.3) is 0 Å². The summed E-state index contributed by atoms with van der Waals surface area (Å²) in [6, 6.07) is 11.0. The third-order valence-corrected chi connectivity index (χ3v) is 5.37. The van der Waals surface area contributed by atoms with Gasteiger partial charge in [0.15, 0.2) is 0 Å². The fourth-order valence-electron chi connectivity index (χ4n) is 3.87. The van der Waals surface area contributed by atoms with Crippen LogP contribution < -0.4 is 0 Å². The Morgan fingerprint density at radius 3 is 2.83 bits per heavy atom. The SMILES string of the molecule is CN(C(=O)CCC1CCCO1)C1CCCN(Cc2ccccc2)C1. The van der Waals surface area contributed by atoms with Crippen molar-refractivity contribution in [2.24, 2.45) is 0 Å². The van der Waals surface area contributed by atoms with Gasteiger partial charge in [-0.1, -0.05) is 30.3 Å². The van der Waals surface area contributed by atoms with Crippen molar-refractivity contribution in [3.05, 3.63) is 35.9 Å². The maximum absolute atomic E-state index is 12.5. The molecule has 0 radical (unpaired) electrons. The molecular formula is C20H30N2O2. The molecule has 2 atom stereocenters. The minimum absolute atomic E-state index is 0.275. The lowest BCUT2D eigenvalue weighted by Crippen LogP contribution is -2.48. The van der Waals surface area contributed by atoms with Crippen molar-refractivity contribution in [1.82, 2.24) is 9.80 Å². The van der Waals surface area contributed by atoms with Crippen LogP contribution in [0.15, 0.2) is 30.3 Å². The quantitative estimate of drug-likeness (QED) is 0.803. The summed E-state index contributed by atoms with van der Waals surface area (Å²) < 4.78 is 5.63. The Hall–Kier alpha value is -1.39. The molecule has 0 spiro atoms. The van der Waals surface area contributed by atoms with Crippen LogP contribution >= 0.6 is 0 Å². The number of carbonyl (C=O) groups is 1. The van der Waals surface area contributed by atoms with E-state index >= 15 is 0 Å². The second-order valence-electron chi connectivity index (χ2n) is 7.20. The second kappa shape index (κ2) is 8.63. The van der Waals surface area contributed by atoms with Crippen LogP contribution in [0.4, 0.5) is 0 Å². The molecular weight excluding hydrogens is 300 g/mol. The fourth-order valence-corrected chi connectivity index (χ4v) is 3.87. The smallest absolute Gasteiger partial charge is 0.222 e. The number of likely N-dealkylation sites (N-methyl/N-ethyl adjacent to an activating group) is 1. The molecule has 2 heterocycles. The summed E-state index contributed by atoms with van der Waals surface area (Å²) in [6.07, 6.45) is 6.36. The summed E-state index contributed by atoms with van der Waals surface area (Å²) >= 11 is 0. The first-order valence-electron chi connectivity index (χ1n) is 9.36. The van der Waals surface area contributed by atoms with Gasteiger partial charge in [0, 0.05) is 39.2 Å². The van der Waals surface area contributed by atoms with E-state index in [9.17, 15) is 4.79 Å². The molecule has 1 aromatic rings. The zero-order chi connectivity index (χ0) is 16.8. The highest BCUT2D eigenvalue weighted by Crippen LogP contribution is 2.20. The Morgan fingerprint density at radius 1 is 1.25 bits per heavy atom. The first-order valence-corrected chi connectivity index (χ1v) is 9.36. The van der Waals surface area contributed by atoms with Gasteiger partial charge >= 0.3 is 0 Å². The van der Waals surface area contributed by atoms with Gasteiger partial charge in [0.25, 0.3) is 0 Å². The summed E-state index contributed by atoms with van der Waals surface area (Å²) in [5, 5.41) is 0. The van der Waals surface area contributed by atoms with Crippen LogP contribution in [0.3, 0.4) is 0 Å². The normalized spacial score (nSPS) is 24.9. The average molecular weight is 330 g/mol. The highest BCUT2D eigenvalue weighted by atomic mass is 16.5. The Morgan fingerprint density at radius 2 is 2.08 bits per heavy atom. The number of hydrogen-bond donors (Lipinski definition) is 0. The first-order chi connectivity index (χ1) is 11.7. The van der Waals surface area contributed by atoms with Crippen LogP contribution in [-0.2, 0) is 16.1 Å². The molecule has 2 aliphatic heterocycles. The molecule has 4 heteroatoms. The lowest BCUT2D eigenvalue weighted by Gasteiger charge is -2.38. The summed E-state index contributed by atoms with van der Waals surface area (Å²) in [5.74, 6) is 0.275. The van der Waals surface area contributed by atoms with Gasteiger partial charge in [-0.05, 0) is 44.2 Å². The topological polar surface area (TPSA) is 32.8 Å². The lowest BCUT2D eigenvalue weighted by molar-refractivity contribution is -0.133. The van der Waals surface area contributed by atoms with Crippen molar-refractivity contribution in [3.63, 3.8) is 0 Å². The number of hydrogen-bond acceptors (Lipinski definition) is 3.